The summed E-state index contributed by atoms with van der Waals surface area (Å²) in [5, 5.41) is 4.92. The molecule has 0 spiro atoms. The van der Waals surface area contributed by atoms with Crippen molar-refractivity contribution in [2.45, 2.75) is 6.54 Å². The van der Waals surface area contributed by atoms with Crippen molar-refractivity contribution in [1.82, 2.24) is 20.6 Å². The van der Waals surface area contributed by atoms with Crippen LogP contribution < -0.4 is 21.1 Å². The van der Waals surface area contributed by atoms with Gasteiger partial charge in [-0.15, -0.1) is 0 Å². The molecule has 0 fully saturated rings. The van der Waals surface area contributed by atoms with Crippen LogP contribution >= 0.6 is 0 Å². The van der Waals surface area contributed by atoms with Crippen LogP contribution in [0.3, 0.4) is 0 Å². The van der Waals surface area contributed by atoms with Gasteiger partial charge in [-0.1, -0.05) is 54.6 Å². The van der Waals surface area contributed by atoms with Crippen molar-refractivity contribution in [3.63, 3.8) is 0 Å². The van der Waals surface area contributed by atoms with Gasteiger partial charge in [0.25, 0.3) is 17.4 Å². The number of nitrogens with zero attached hydrogens (tertiary/aromatic N) is 2. The number of carbonyl (C=O) groups excluding carboxylic acids is 2. The first-order valence-electron chi connectivity index (χ1n) is 10.4. The zero-order valence-electron chi connectivity index (χ0n) is 18.6. The largest absolute Gasteiger partial charge is 0.290 e. The second kappa shape index (κ2) is 9.77. The molecular weight excluding hydrogens is 470 g/mol. The molecule has 0 radical (unpaired) electrons. The quantitative estimate of drug-likeness (QED) is 0.352. The molecule has 4 rings (SSSR count). The average molecular weight is 492 g/mol. The summed E-state index contributed by atoms with van der Waals surface area (Å²) in [6, 6.07) is 21.6. The molecule has 178 valence electrons. The maximum absolute atomic E-state index is 13.0. The minimum atomic E-state index is -3.52. The number of nitrogens with one attached hydrogen (secondary N) is 3. The molecule has 1 heterocycles. The Morgan fingerprint density at radius 3 is 2.23 bits per heavy atom. The SMILES string of the molecule is CS(=O)(=O)Nc1cccc(C(=O)NNC(=O)c2nn(Cc3ccccc3)c(=O)c3ccccc23)c1. The van der Waals surface area contributed by atoms with E-state index in [1.165, 1.54) is 28.9 Å². The lowest BCUT2D eigenvalue weighted by atomic mass is 10.1. The number of sulfonamides is 1. The van der Waals surface area contributed by atoms with Gasteiger partial charge >= 0.3 is 0 Å². The summed E-state index contributed by atoms with van der Waals surface area (Å²) in [6.07, 6.45) is 0.995. The van der Waals surface area contributed by atoms with Crippen LogP contribution in [0.4, 0.5) is 5.69 Å². The lowest BCUT2D eigenvalue weighted by molar-refractivity contribution is 0.0843. The minimum Gasteiger partial charge on any atom is -0.284 e. The molecule has 0 aliphatic carbocycles. The van der Waals surface area contributed by atoms with Crippen molar-refractivity contribution < 1.29 is 18.0 Å². The number of carbonyl (C=O) groups is 2. The van der Waals surface area contributed by atoms with Crippen LogP contribution in [-0.2, 0) is 16.6 Å². The van der Waals surface area contributed by atoms with Crippen molar-refractivity contribution in [1.29, 1.82) is 0 Å². The van der Waals surface area contributed by atoms with E-state index in [4.69, 9.17) is 0 Å². The summed E-state index contributed by atoms with van der Waals surface area (Å²) in [6.45, 7) is 0.164. The van der Waals surface area contributed by atoms with Gasteiger partial charge in [0.15, 0.2) is 5.69 Å². The van der Waals surface area contributed by atoms with E-state index in [-0.39, 0.29) is 29.0 Å². The van der Waals surface area contributed by atoms with E-state index in [9.17, 15) is 22.8 Å². The molecule has 35 heavy (non-hydrogen) atoms. The van der Waals surface area contributed by atoms with Crippen molar-refractivity contribution in [2.75, 3.05) is 11.0 Å². The Labute approximate surface area is 200 Å². The molecule has 2 amide bonds. The lowest BCUT2D eigenvalue weighted by Gasteiger charge is -2.12. The second-order valence-electron chi connectivity index (χ2n) is 7.71. The van der Waals surface area contributed by atoms with Gasteiger partial charge in [0.05, 0.1) is 18.2 Å². The van der Waals surface area contributed by atoms with Crippen LogP contribution in [0.2, 0.25) is 0 Å². The Balaban J connectivity index is 1.58. The summed E-state index contributed by atoms with van der Waals surface area (Å²) in [5.41, 5.74) is 5.37. The van der Waals surface area contributed by atoms with Crippen LogP contribution in [0.5, 0.6) is 0 Å². The zero-order chi connectivity index (χ0) is 25.0. The number of hydrogen-bond acceptors (Lipinski definition) is 6. The maximum Gasteiger partial charge on any atom is 0.290 e. The molecule has 0 unspecified atom stereocenters. The fraction of sp³-hybridized carbons (Fsp3) is 0.0833. The molecule has 4 aromatic rings. The topological polar surface area (TPSA) is 139 Å². The standard InChI is InChI=1S/C24H21N5O5S/c1-35(33,34)28-18-11-7-10-17(14-18)22(30)25-26-23(31)21-19-12-5-6-13-20(19)24(32)29(27-21)15-16-8-3-2-4-9-16/h2-14,28H,15H2,1H3,(H,25,30)(H,26,31). The van der Waals surface area contributed by atoms with E-state index in [1.54, 1.807) is 24.3 Å². The zero-order valence-corrected chi connectivity index (χ0v) is 19.4. The number of hydrogen-bond donors (Lipinski definition) is 3. The monoisotopic (exact) mass is 491 g/mol. The Morgan fingerprint density at radius 1 is 0.857 bits per heavy atom. The molecule has 11 heteroatoms. The minimum absolute atomic E-state index is 0.0380. The Morgan fingerprint density at radius 2 is 1.51 bits per heavy atom. The first-order chi connectivity index (χ1) is 16.7. The highest BCUT2D eigenvalue weighted by molar-refractivity contribution is 7.92. The molecule has 0 saturated heterocycles. The molecule has 0 bridgehead atoms. The summed E-state index contributed by atoms with van der Waals surface area (Å²) >= 11 is 0. The van der Waals surface area contributed by atoms with Crippen LogP contribution in [-0.4, -0.2) is 36.3 Å². The summed E-state index contributed by atoms with van der Waals surface area (Å²) in [5.74, 6) is -1.39. The van der Waals surface area contributed by atoms with Gasteiger partial charge in [-0.05, 0) is 29.8 Å². The van der Waals surface area contributed by atoms with Gasteiger partial charge in [-0.3, -0.25) is 30.0 Å². The fourth-order valence-electron chi connectivity index (χ4n) is 3.45. The Kier molecular flexibility index (Phi) is 6.60. The third-order valence-corrected chi connectivity index (χ3v) is 5.58. The van der Waals surface area contributed by atoms with Crippen LogP contribution in [0.1, 0.15) is 26.4 Å². The predicted octanol–water partition coefficient (Wildman–Crippen LogP) is 1.89. The van der Waals surface area contributed by atoms with Gasteiger partial charge in [0, 0.05) is 16.6 Å². The molecule has 1 aromatic heterocycles. The molecule has 0 atom stereocenters. The maximum atomic E-state index is 13.0. The van der Waals surface area contributed by atoms with Crippen molar-refractivity contribution in [3.05, 3.63) is 106 Å². The molecule has 0 aliphatic rings. The average Bonchev–Trinajstić information content (AvgIpc) is 2.84. The van der Waals surface area contributed by atoms with E-state index in [0.29, 0.717) is 10.8 Å². The van der Waals surface area contributed by atoms with Crippen molar-refractivity contribution >= 4 is 38.3 Å². The van der Waals surface area contributed by atoms with Crippen LogP contribution in [0.25, 0.3) is 10.8 Å². The molecule has 0 aliphatic heterocycles. The number of rotatable bonds is 6. The van der Waals surface area contributed by atoms with Gasteiger partial charge in [0.2, 0.25) is 10.0 Å². The molecule has 3 aromatic carbocycles. The van der Waals surface area contributed by atoms with E-state index >= 15 is 0 Å². The van der Waals surface area contributed by atoms with Crippen LogP contribution in [0.15, 0.2) is 83.7 Å². The van der Waals surface area contributed by atoms with Crippen molar-refractivity contribution in [3.8, 4) is 0 Å². The number of anilines is 1. The second-order valence-corrected chi connectivity index (χ2v) is 9.45. The number of fused-ring (bicyclic) bond motifs is 1. The first kappa shape index (κ1) is 23.6. The van der Waals surface area contributed by atoms with Gasteiger partial charge in [0.1, 0.15) is 0 Å². The number of hydrazine groups is 1. The summed E-state index contributed by atoms with van der Waals surface area (Å²) in [7, 11) is -3.52. The fourth-order valence-corrected chi connectivity index (χ4v) is 4.00. The van der Waals surface area contributed by atoms with Gasteiger partial charge in [-0.25, -0.2) is 13.1 Å². The molecule has 10 nitrogen and oxygen atoms in total. The van der Waals surface area contributed by atoms with Crippen molar-refractivity contribution in [2.24, 2.45) is 0 Å². The highest BCUT2D eigenvalue weighted by atomic mass is 32.2. The highest BCUT2D eigenvalue weighted by Gasteiger charge is 2.18. The molecular formula is C24H21N5O5S. The van der Waals surface area contributed by atoms with Crippen LogP contribution in [0, 0.1) is 0 Å². The van der Waals surface area contributed by atoms with Gasteiger partial charge in [-0.2, -0.15) is 5.10 Å². The third kappa shape index (κ3) is 5.71. The lowest BCUT2D eigenvalue weighted by Crippen LogP contribution is -2.42. The van der Waals surface area contributed by atoms with E-state index in [2.05, 4.69) is 20.7 Å². The molecule has 0 saturated carbocycles. The number of amides is 2. The summed E-state index contributed by atoms with van der Waals surface area (Å²) in [4.78, 5) is 38.5. The summed E-state index contributed by atoms with van der Waals surface area (Å²) < 4.78 is 26.3. The molecule has 3 N–H and O–H groups in total. The van der Waals surface area contributed by atoms with E-state index < -0.39 is 21.8 Å². The smallest absolute Gasteiger partial charge is 0.284 e. The number of benzene rings is 3. The highest BCUT2D eigenvalue weighted by Crippen LogP contribution is 2.14. The van der Waals surface area contributed by atoms with Gasteiger partial charge < -0.3 is 0 Å². The number of aromatic nitrogens is 2. The first-order valence-corrected chi connectivity index (χ1v) is 12.3. The predicted molar refractivity (Wildman–Crippen MR) is 131 cm³/mol. The normalized spacial score (nSPS) is 11.1. The Hall–Kier alpha value is -4.51. The Bertz CT molecular complexity index is 1580. The van der Waals surface area contributed by atoms with E-state index in [0.717, 1.165) is 11.8 Å². The van der Waals surface area contributed by atoms with E-state index in [1.807, 2.05) is 30.3 Å². The third-order valence-electron chi connectivity index (χ3n) is 4.98.